The van der Waals surface area contributed by atoms with E-state index in [1.165, 1.54) is 31.7 Å². The Hall–Kier alpha value is -1.27. The summed E-state index contributed by atoms with van der Waals surface area (Å²) in [6, 6.07) is 5.53. The topological polar surface area (TPSA) is 89.4 Å². The molecule has 1 aliphatic carbocycles. The van der Waals surface area contributed by atoms with Gasteiger partial charge in [-0.2, -0.15) is 0 Å². The molecule has 0 bridgehead atoms. The number of primary sulfonamides is 1. The van der Waals surface area contributed by atoms with Crippen molar-refractivity contribution < 1.29 is 8.42 Å². The number of sulfonamides is 1. The minimum atomic E-state index is -3.75. The van der Waals surface area contributed by atoms with Crippen molar-refractivity contribution in [2.75, 3.05) is 17.2 Å². The molecular formula is C13H21N3O2S. The van der Waals surface area contributed by atoms with Gasteiger partial charge in [0.05, 0.1) is 5.69 Å². The standard InChI is InChI=1S/C13H21N3O2S/c1-2-16(10-5-3-4-6-10)11-7-8-13(12(14)9-11)19(15,17)18/h7-10H,2-6,14H2,1H3,(H2,15,17,18). The van der Waals surface area contributed by atoms with Crippen molar-refractivity contribution in [3.05, 3.63) is 18.2 Å². The molecule has 0 spiro atoms. The molecule has 1 aliphatic rings. The largest absolute Gasteiger partial charge is 0.398 e. The lowest BCUT2D eigenvalue weighted by molar-refractivity contribution is 0.598. The third kappa shape index (κ3) is 3.01. The molecule has 5 nitrogen and oxygen atoms in total. The Morgan fingerprint density at radius 3 is 2.42 bits per heavy atom. The second-order valence-corrected chi connectivity index (χ2v) is 6.52. The fourth-order valence-electron chi connectivity index (χ4n) is 2.84. The lowest BCUT2D eigenvalue weighted by atomic mass is 10.1. The third-order valence-corrected chi connectivity index (χ3v) is 4.72. The van der Waals surface area contributed by atoms with E-state index in [0.29, 0.717) is 6.04 Å². The van der Waals surface area contributed by atoms with Gasteiger partial charge in [-0.25, -0.2) is 13.6 Å². The van der Waals surface area contributed by atoms with E-state index >= 15 is 0 Å². The van der Waals surface area contributed by atoms with E-state index in [-0.39, 0.29) is 10.6 Å². The van der Waals surface area contributed by atoms with Crippen LogP contribution in [0.4, 0.5) is 11.4 Å². The van der Waals surface area contributed by atoms with Crippen LogP contribution in [0.2, 0.25) is 0 Å². The maximum Gasteiger partial charge on any atom is 0.240 e. The predicted molar refractivity (Wildman–Crippen MR) is 77.5 cm³/mol. The maximum atomic E-state index is 11.3. The smallest absolute Gasteiger partial charge is 0.240 e. The Bertz CT molecular complexity index is 551. The predicted octanol–water partition coefficient (Wildman–Crippen LogP) is 1.69. The molecule has 2 rings (SSSR count). The van der Waals surface area contributed by atoms with E-state index in [4.69, 9.17) is 10.9 Å². The molecule has 0 saturated heterocycles. The van der Waals surface area contributed by atoms with Crippen molar-refractivity contribution in [3.63, 3.8) is 0 Å². The van der Waals surface area contributed by atoms with Crippen LogP contribution in [0.25, 0.3) is 0 Å². The number of hydrogen-bond donors (Lipinski definition) is 2. The van der Waals surface area contributed by atoms with Gasteiger partial charge in [-0.15, -0.1) is 0 Å². The van der Waals surface area contributed by atoms with Crippen molar-refractivity contribution in [3.8, 4) is 0 Å². The Morgan fingerprint density at radius 1 is 1.32 bits per heavy atom. The summed E-state index contributed by atoms with van der Waals surface area (Å²) in [5, 5.41) is 5.12. The first-order valence-electron chi connectivity index (χ1n) is 6.62. The molecule has 4 N–H and O–H groups in total. The van der Waals surface area contributed by atoms with E-state index in [9.17, 15) is 8.42 Å². The number of hydrogen-bond acceptors (Lipinski definition) is 4. The van der Waals surface area contributed by atoms with Gasteiger partial charge in [-0.05, 0) is 38.0 Å². The van der Waals surface area contributed by atoms with Crippen LogP contribution in [0.5, 0.6) is 0 Å². The average Bonchev–Trinajstić information content (AvgIpc) is 2.82. The van der Waals surface area contributed by atoms with Crippen LogP contribution in [0, 0.1) is 0 Å². The third-order valence-electron chi connectivity index (χ3n) is 3.74. The first kappa shape index (κ1) is 14.1. The van der Waals surface area contributed by atoms with Gasteiger partial charge in [-0.3, -0.25) is 0 Å². The van der Waals surface area contributed by atoms with Gasteiger partial charge >= 0.3 is 0 Å². The molecule has 6 heteroatoms. The molecular weight excluding hydrogens is 262 g/mol. The lowest BCUT2D eigenvalue weighted by Crippen LogP contribution is -2.33. The monoisotopic (exact) mass is 283 g/mol. The van der Waals surface area contributed by atoms with Gasteiger partial charge in [0.1, 0.15) is 4.90 Å². The quantitative estimate of drug-likeness (QED) is 0.823. The highest BCUT2D eigenvalue weighted by Gasteiger charge is 2.22. The van der Waals surface area contributed by atoms with Crippen LogP contribution in [-0.4, -0.2) is 21.0 Å². The zero-order valence-corrected chi connectivity index (χ0v) is 12.0. The van der Waals surface area contributed by atoms with Crippen molar-refractivity contribution in [1.29, 1.82) is 0 Å². The van der Waals surface area contributed by atoms with Crippen LogP contribution >= 0.6 is 0 Å². The number of anilines is 2. The second kappa shape index (κ2) is 5.38. The maximum absolute atomic E-state index is 11.3. The fourth-order valence-corrected chi connectivity index (χ4v) is 3.49. The number of nitrogen functional groups attached to an aromatic ring is 1. The lowest BCUT2D eigenvalue weighted by Gasteiger charge is -2.30. The Kier molecular flexibility index (Phi) is 4.01. The van der Waals surface area contributed by atoms with Gasteiger partial charge in [0.15, 0.2) is 0 Å². The molecule has 0 heterocycles. The number of rotatable bonds is 4. The summed E-state index contributed by atoms with van der Waals surface area (Å²) in [7, 11) is -3.75. The highest BCUT2D eigenvalue weighted by molar-refractivity contribution is 7.89. The zero-order chi connectivity index (χ0) is 14.0. The molecule has 1 fully saturated rings. The average molecular weight is 283 g/mol. The van der Waals surface area contributed by atoms with E-state index < -0.39 is 10.0 Å². The van der Waals surface area contributed by atoms with E-state index in [1.807, 2.05) is 0 Å². The first-order valence-corrected chi connectivity index (χ1v) is 8.17. The number of nitrogens with two attached hydrogens (primary N) is 2. The summed E-state index contributed by atoms with van der Waals surface area (Å²) >= 11 is 0. The molecule has 0 atom stereocenters. The highest BCUT2D eigenvalue weighted by Crippen LogP contribution is 2.30. The van der Waals surface area contributed by atoms with E-state index in [1.54, 1.807) is 12.1 Å². The van der Waals surface area contributed by atoms with Gasteiger partial charge < -0.3 is 10.6 Å². The van der Waals surface area contributed by atoms with Gasteiger partial charge in [0, 0.05) is 18.3 Å². The molecule has 0 amide bonds. The summed E-state index contributed by atoms with van der Waals surface area (Å²) in [5.41, 5.74) is 7.00. The summed E-state index contributed by atoms with van der Waals surface area (Å²) in [4.78, 5) is 2.29. The number of benzene rings is 1. The fraction of sp³-hybridized carbons (Fsp3) is 0.538. The van der Waals surface area contributed by atoms with Crippen LogP contribution in [0.1, 0.15) is 32.6 Å². The molecule has 0 unspecified atom stereocenters. The summed E-state index contributed by atoms with van der Waals surface area (Å²) in [6.45, 7) is 2.99. The van der Waals surface area contributed by atoms with E-state index in [0.717, 1.165) is 12.2 Å². The Balaban J connectivity index is 2.32. The molecule has 0 aliphatic heterocycles. The molecule has 1 saturated carbocycles. The van der Waals surface area contributed by atoms with Crippen LogP contribution in [-0.2, 0) is 10.0 Å². The van der Waals surface area contributed by atoms with E-state index in [2.05, 4.69) is 11.8 Å². The van der Waals surface area contributed by atoms with Crippen molar-refractivity contribution >= 4 is 21.4 Å². The Labute approximate surface area is 114 Å². The van der Waals surface area contributed by atoms with Gasteiger partial charge in [0.2, 0.25) is 10.0 Å². The first-order chi connectivity index (χ1) is 8.93. The second-order valence-electron chi connectivity index (χ2n) is 4.99. The number of nitrogens with zero attached hydrogens (tertiary/aromatic N) is 1. The molecule has 1 aromatic carbocycles. The van der Waals surface area contributed by atoms with Crippen molar-refractivity contribution in [2.45, 2.75) is 43.5 Å². The van der Waals surface area contributed by atoms with Crippen LogP contribution in [0.15, 0.2) is 23.1 Å². The molecule has 0 radical (unpaired) electrons. The minimum Gasteiger partial charge on any atom is -0.398 e. The Morgan fingerprint density at radius 2 is 1.95 bits per heavy atom. The van der Waals surface area contributed by atoms with Crippen LogP contribution < -0.4 is 15.8 Å². The molecule has 106 valence electrons. The van der Waals surface area contributed by atoms with Gasteiger partial charge in [-0.1, -0.05) is 12.8 Å². The minimum absolute atomic E-state index is 0.00118. The molecule has 0 aromatic heterocycles. The molecule has 1 aromatic rings. The zero-order valence-electron chi connectivity index (χ0n) is 11.2. The van der Waals surface area contributed by atoms with Crippen LogP contribution in [0.3, 0.4) is 0 Å². The summed E-state index contributed by atoms with van der Waals surface area (Å²) in [5.74, 6) is 0. The summed E-state index contributed by atoms with van der Waals surface area (Å²) in [6.07, 6.45) is 4.88. The normalized spacial score (nSPS) is 16.7. The van der Waals surface area contributed by atoms with Crippen molar-refractivity contribution in [2.24, 2.45) is 5.14 Å². The summed E-state index contributed by atoms with van der Waals surface area (Å²) < 4.78 is 22.7. The van der Waals surface area contributed by atoms with Gasteiger partial charge in [0.25, 0.3) is 0 Å². The SMILES string of the molecule is CCN(c1ccc(S(N)(=O)=O)c(N)c1)C1CCCC1. The molecule has 19 heavy (non-hydrogen) atoms. The highest BCUT2D eigenvalue weighted by atomic mass is 32.2. The van der Waals surface area contributed by atoms with Crippen molar-refractivity contribution in [1.82, 2.24) is 0 Å².